The molecule has 1 unspecified atom stereocenters. The van der Waals surface area contributed by atoms with Crippen LogP contribution in [0.4, 0.5) is 0 Å². The number of methoxy groups -OCH3 is 1. The van der Waals surface area contributed by atoms with Gasteiger partial charge in [0, 0.05) is 25.7 Å². The molecule has 0 N–H and O–H groups in total. The molecular formula is C12H25BrO3. The van der Waals surface area contributed by atoms with E-state index < -0.39 is 0 Å². The van der Waals surface area contributed by atoms with Crippen molar-refractivity contribution in [2.24, 2.45) is 11.8 Å². The van der Waals surface area contributed by atoms with Gasteiger partial charge < -0.3 is 14.2 Å². The summed E-state index contributed by atoms with van der Waals surface area (Å²) in [7, 11) is 1.70. The Hall–Kier alpha value is 0.360. The van der Waals surface area contributed by atoms with Gasteiger partial charge in [-0.15, -0.1) is 0 Å². The predicted octanol–water partition coefficient (Wildman–Crippen LogP) is 2.72. The Morgan fingerprint density at radius 3 is 2.25 bits per heavy atom. The van der Waals surface area contributed by atoms with Gasteiger partial charge in [-0.2, -0.15) is 0 Å². The van der Waals surface area contributed by atoms with Crippen LogP contribution in [-0.2, 0) is 14.2 Å². The van der Waals surface area contributed by atoms with Gasteiger partial charge in [0.15, 0.2) is 0 Å². The quantitative estimate of drug-likeness (QED) is 0.433. The van der Waals surface area contributed by atoms with Gasteiger partial charge in [-0.25, -0.2) is 0 Å². The van der Waals surface area contributed by atoms with E-state index in [1.807, 2.05) is 0 Å². The monoisotopic (exact) mass is 296 g/mol. The lowest BCUT2D eigenvalue weighted by Crippen LogP contribution is -2.19. The minimum Gasteiger partial charge on any atom is -0.385 e. The van der Waals surface area contributed by atoms with Crippen LogP contribution in [-0.4, -0.2) is 45.5 Å². The smallest absolute Gasteiger partial charge is 0.0700 e. The molecule has 0 amide bonds. The molecule has 1 atom stereocenters. The van der Waals surface area contributed by atoms with Crippen molar-refractivity contribution in [2.45, 2.75) is 20.3 Å². The van der Waals surface area contributed by atoms with E-state index in [1.165, 1.54) is 0 Å². The molecule has 0 fully saturated rings. The third-order valence-corrected chi connectivity index (χ3v) is 3.31. The Morgan fingerprint density at radius 1 is 1.00 bits per heavy atom. The van der Waals surface area contributed by atoms with E-state index in [9.17, 15) is 0 Å². The van der Waals surface area contributed by atoms with E-state index in [4.69, 9.17) is 14.2 Å². The highest BCUT2D eigenvalue weighted by molar-refractivity contribution is 9.09. The zero-order valence-corrected chi connectivity index (χ0v) is 12.3. The van der Waals surface area contributed by atoms with Crippen molar-refractivity contribution in [3.8, 4) is 0 Å². The summed E-state index contributed by atoms with van der Waals surface area (Å²) in [5.41, 5.74) is 0. The summed E-state index contributed by atoms with van der Waals surface area (Å²) in [4.78, 5) is 0. The average molecular weight is 297 g/mol. The molecule has 0 heterocycles. The lowest BCUT2D eigenvalue weighted by molar-refractivity contribution is 0.0250. The molecule has 0 aliphatic heterocycles. The van der Waals surface area contributed by atoms with Gasteiger partial charge in [0.05, 0.1) is 19.8 Å². The van der Waals surface area contributed by atoms with Crippen LogP contribution in [0.25, 0.3) is 0 Å². The fourth-order valence-electron chi connectivity index (χ4n) is 1.18. The highest BCUT2D eigenvalue weighted by atomic mass is 79.9. The minimum atomic E-state index is 0.591. The molecule has 4 heteroatoms. The molecular weight excluding hydrogens is 272 g/mol. The zero-order chi connectivity index (χ0) is 12.2. The summed E-state index contributed by atoms with van der Waals surface area (Å²) >= 11 is 3.50. The van der Waals surface area contributed by atoms with Crippen LogP contribution < -0.4 is 0 Å². The molecule has 0 aromatic carbocycles. The fourth-order valence-corrected chi connectivity index (χ4v) is 2.11. The van der Waals surface area contributed by atoms with Crippen molar-refractivity contribution in [1.29, 1.82) is 0 Å². The van der Waals surface area contributed by atoms with Crippen molar-refractivity contribution in [1.82, 2.24) is 0 Å². The molecule has 0 rings (SSSR count). The van der Waals surface area contributed by atoms with Crippen LogP contribution in [0.2, 0.25) is 0 Å². The van der Waals surface area contributed by atoms with Crippen LogP contribution >= 0.6 is 15.9 Å². The van der Waals surface area contributed by atoms with Crippen molar-refractivity contribution in [3.05, 3.63) is 0 Å². The minimum absolute atomic E-state index is 0.591. The van der Waals surface area contributed by atoms with Gasteiger partial charge in [0.1, 0.15) is 0 Å². The van der Waals surface area contributed by atoms with Crippen LogP contribution in [0.5, 0.6) is 0 Å². The van der Waals surface area contributed by atoms with E-state index in [2.05, 4.69) is 29.8 Å². The fraction of sp³-hybridized carbons (Fsp3) is 1.00. The van der Waals surface area contributed by atoms with E-state index in [-0.39, 0.29) is 0 Å². The van der Waals surface area contributed by atoms with Crippen molar-refractivity contribution in [3.63, 3.8) is 0 Å². The maximum absolute atomic E-state index is 5.57. The van der Waals surface area contributed by atoms with Crippen LogP contribution in [0.15, 0.2) is 0 Å². The number of rotatable bonds is 11. The summed E-state index contributed by atoms with van der Waals surface area (Å²) in [5, 5.41) is 0.999. The van der Waals surface area contributed by atoms with E-state index in [0.717, 1.165) is 31.6 Å². The summed E-state index contributed by atoms with van der Waals surface area (Å²) in [5.74, 6) is 1.25. The second-order valence-corrected chi connectivity index (χ2v) is 4.84. The number of hydrogen-bond acceptors (Lipinski definition) is 3. The number of alkyl halides is 1. The normalized spacial score (nSPS) is 13.3. The topological polar surface area (TPSA) is 27.7 Å². The predicted molar refractivity (Wildman–Crippen MR) is 70.3 cm³/mol. The Bertz CT molecular complexity index is 142. The van der Waals surface area contributed by atoms with Gasteiger partial charge in [-0.1, -0.05) is 29.8 Å². The molecule has 0 aliphatic carbocycles. The van der Waals surface area contributed by atoms with Crippen molar-refractivity contribution in [2.75, 3.05) is 45.5 Å². The Morgan fingerprint density at radius 2 is 1.69 bits per heavy atom. The molecule has 0 saturated heterocycles. The zero-order valence-electron chi connectivity index (χ0n) is 10.7. The Balaban J connectivity index is 3.19. The molecule has 0 bridgehead atoms. The highest BCUT2D eigenvalue weighted by Crippen LogP contribution is 2.13. The molecule has 0 radical (unpaired) electrons. The van der Waals surface area contributed by atoms with Crippen molar-refractivity contribution < 1.29 is 14.2 Å². The maximum Gasteiger partial charge on any atom is 0.0700 e. The first-order valence-corrected chi connectivity index (χ1v) is 7.04. The SMILES string of the molecule is COCCCOCCOCC(CBr)C(C)C. The van der Waals surface area contributed by atoms with E-state index in [0.29, 0.717) is 25.0 Å². The first-order chi connectivity index (χ1) is 7.72. The summed E-state index contributed by atoms with van der Waals surface area (Å²) in [6, 6.07) is 0. The third-order valence-electron chi connectivity index (χ3n) is 2.48. The number of ether oxygens (including phenoxy) is 3. The average Bonchev–Trinajstić information content (AvgIpc) is 2.26. The molecule has 0 aliphatic rings. The molecule has 0 aromatic rings. The van der Waals surface area contributed by atoms with Gasteiger partial charge in [-0.3, -0.25) is 0 Å². The first-order valence-electron chi connectivity index (χ1n) is 5.92. The lowest BCUT2D eigenvalue weighted by Gasteiger charge is -2.17. The van der Waals surface area contributed by atoms with Crippen LogP contribution in [0.3, 0.4) is 0 Å². The van der Waals surface area contributed by atoms with Crippen LogP contribution in [0, 0.1) is 11.8 Å². The Labute approximate surface area is 108 Å². The highest BCUT2D eigenvalue weighted by Gasteiger charge is 2.11. The molecule has 0 saturated carbocycles. The molecule has 0 spiro atoms. The largest absolute Gasteiger partial charge is 0.385 e. The maximum atomic E-state index is 5.57. The van der Waals surface area contributed by atoms with Crippen LogP contribution in [0.1, 0.15) is 20.3 Å². The third kappa shape index (κ3) is 9.58. The van der Waals surface area contributed by atoms with Gasteiger partial charge >= 0.3 is 0 Å². The van der Waals surface area contributed by atoms with Gasteiger partial charge in [0.2, 0.25) is 0 Å². The Kier molecular flexibility index (Phi) is 12.1. The number of halogens is 1. The first kappa shape index (κ1) is 16.4. The van der Waals surface area contributed by atoms with Crippen molar-refractivity contribution >= 4 is 15.9 Å². The van der Waals surface area contributed by atoms with Gasteiger partial charge in [-0.05, 0) is 18.3 Å². The lowest BCUT2D eigenvalue weighted by atomic mass is 9.99. The summed E-state index contributed by atoms with van der Waals surface area (Å²) in [6.45, 7) is 8.13. The summed E-state index contributed by atoms with van der Waals surface area (Å²) in [6.07, 6.45) is 0.951. The molecule has 98 valence electrons. The molecule has 0 aromatic heterocycles. The standard InChI is InChI=1S/C12H25BrO3/c1-11(2)12(9-13)10-16-8-7-15-6-4-5-14-3/h11-12H,4-10H2,1-3H3. The summed E-state index contributed by atoms with van der Waals surface area (Å²) < 4.78 is 15.9. The number of hydrogen-bond donors (Lipinski definition) is 0. The van der Waals surface area contributed by atoms with Gasteiger partial charge in [0.25, 0.3) is 0 Å². The molecule has 3 nitrogen and oxygen atoms in total. The molecule has 16 heavy (non-hydrogen) atoms. The second kappa shape index (κ2) is 11.8. The van der Waals surface area contributed by atoms with E-state index in [1.54, 1.807) is 7.11 Å². The van der Waals surface area contributed by atoms with E-state index >= 15 is 0 Å². The second-order valence-electron chi connectivity index (χ2n) is 4.19.